The van der Waals surface area contributed by atoms with Crippen molar-refractivity contribution < 1.29 is 8.42 Å². The fourth-order valence-corrected chi connectivity index (χ4v) is 2.92. The minimum absolute atomic E-state index is 0.0328. The van der Waals surface area contributed by atoms with Gasteiger partial charge in [-0.3, -0.25) is 0 Å². The number of anilines is 1. The predicted molar refractivity (Wildman–Crippen MR) is 85.5 cm³/mol. The largest absolute Gasteiger partial charge is 0.366 e. The molecule has 0 radical (unpaired) electrons. The van der Waals surface area contributed by atoms with Crippen molar-refractivity contribution in [3.05, 3.63) is 52.7 Å². The summed E-state index contributed by atoms with van der Waals surface area (Å²) >= 11 is 5.82. The molecule has 7 heteroatoms. The number of nitrogens with one attached hydrogen (secondary N) is 1. The van der Waals surface area contributed by atoms with E-state index >= 15 is 0 Å². The Balaban J connectivity index is 2.20. The van der Waals surface area contributed by atoms with E-state index in [9.17, 15) is 8.42 Å². The summed E-state index contributed by atoms with van der Waals surface area (Å²) in [6, 6.07) is 12.1. The molecule has 2 aromatic rings. The van der Waals surface area contributed by atoms with Crippen LogP contribution < -0.4 is 5.32 Å². The zero-order valence-corrected chi connectivity index (χ0v) is 13.4. The maximum absolute atomic E-state index is 11.9. The highest BCUT2D eigenvalue weighted by Gasteiger charge is 2.18. The third-order valence-corrected chi connectivity index (χ3v) is 5.08. The molecule has 1 heterocycles. The Morgan fingerprint density at radius 2 is 1.91 bits per heavy atom. The SMILES string of the molecule is CCS(=O)(=O)c1ccc(NCc2ccc(Cl)cc2)nc1C#N. The van der Waals surface area contributed by atoms with Crippen LogP contribution in [0.5, 0.6) is 0 Å². The van der Waals surface area contributed by atoms with Gasteiger partial charge in [0, 0.05) is 11.6 Å². The second-order valence-electron chi connectivity index (χ2n) is 4.54. The molecule has 1 N–H and O–H groups in total. The van der Waals surface area contributed by atoms with Gasteiger partial charge >= 0.3 is 0 Å². The Kier molecular flexibility index (Phi) is 5.01. The van der Waals surface area contributed by atoms with Crippen LogP contribution in [0.3, 0.4) is 0 Å². The molecule has 0 aliphatic rings. The van der Waals surface area contributed by atoms with Crippen LogP contribution in [-0.4, -0.2) is 19.2 Å². The molecule has 0 atom stereocenters. The quantitative estimate of drug-likeness (QED) is 0.908. The van der Waals surface area contributed by atoms with Crippen molar-refractivity contribution in [2.75, 3.05) is 11.1 Å². The first-order chi connectivity index (χ1) is 10.5. The minimum Gasteiger partial charge on any atom is -0.366 e. The van der Waals surface area contributed by atoms with Crippen LogP contribution in [0.2, 0.25) is 5.02 Å². The van der Waals surface area contributed by atoms with Crippen molar-refractivity contribution in [2.45, 2.75) is 18.4 Å². The van der Waals surface area contributed by atoms with Crippen LogP contribution in [0.25, 0.3) is 0 Å². The lowest BCUT2D eigenvalue weighted by Crippen LogP contribution is -2.09. The first kappa shape index (κ1) is 16.3. The fraction of sp³-hybridized carbons (Fsp3) is 0.200. The van der Waals surface area contributed by atoms with Crippen LogP contribution >= 0.6 is 11.6 Å². The summed E-state index contributed by atoms with van der Waals surface area (Å²) in [5.41, 5.74) is 0.901. The van der Waals surface area contributed by atoms with Crippen molar-refractivity contribution in [3.63, 3.8) is 0 Å². The normalized spacial score (nSPS) is 11.0. The lowest BCUT2D eigenvalue weighted by molar-refractivity contribution is 0.596. The van der Waals surface area contributed by atoms with Gasteiger partial charge in [-0.05, 0) is 29.8 Å². The van der Waals surface area contributed by atoms with Crippen molar-refractivity contribution in [2.24, 2.45) is 0 Å². The monoisotopic (exact) mass is 335 g/mol. The lowest BCUT2D eigenvalue weighted by atomic mass is 10.2. The number of pyridine rings is 1. The van der Waals surface area contributed by atoms with Crippen LogP contribution in [0.1, 0.15) is 18.2 Å². The highest BCUT2D eigenvalue weighted by atomic mass is 35.5. The van der Waals surface area contributed by atoms with Crippen molar-refractivity contribution in [1.29, 1.82) is 5.26 Å². The summed E-state index contributed by atoms with van der Waals surface area (Å²) in [6.45, 7) is 2.03. The fourth-order valence-electron chi connectivity index (χ4n) is 1.83. The predicted octanol–water partition coefficient (Wildman–Crippen LogP) is 3.01. The number of nitrogens with zero attached hydrogens (tertiary/aromatic N) is 2. The zero-order chi connectivity index (χ0) is 16.2. The van der Waals surface area contributed by atoms with Gasteiger partial charge in [-0.2, -0.15) is 5.26 Å². The molecule has 0 unspecified atom stereocenters. The molecular weight excluding hydrogens is 322 g/mol. The first-order valence-electron chi connectivity index (χ1n) is 6.58. The Hall–Kier alpha value is -2.10. The maximum atomic E-state index is 11.9. The third kappa shape index (κ3) is 3.75. The van der Waals surface area contributed by atoms with Crippen LogP contribution in [-0.2, 0) is 16.4 Å². The minimum atomic E-state index is -3.46. The zero-order valence-electron chi connectivity index (χ0n) is 11.9. The number of hydrogen-bond donors (Lipinski definition) is 1. The summed E-state index contributed by atoms with van der Waals surface area (Å²) in [5, 5.41) is 12.8. The van der Waals surface area contributed by atoms with Gasteiger partial charge in [0.05, 0.1) is 5.75 Å². The van der Waals surface area contributed by atoms with E-state index in [1.807, 2.05) is 18.2 Å². The van der Waals surface area contributed by atoms with Gasteiger partial charge < -0.3 is 5.32 Å². The van der Waals surface area contributed by atoms with E-state index in [4.69, 9.17) is 16.9 Å². The Morgan fingerprint density at radius 3 is 2.50 bits per heavy atom. The molecule has 0 amide bonds. The van der Waals surface area contributed by atoms with Gasteiger partial charge in [0.25, 0.3) is 0 Å². The number of rotatable bonds is 5. The van der Waals surface area contributed by atoms with E-state index in [0.717, 1.165) is 5.56 Å². The molecular formula is C15H14ClN3O2S. The molecule has 0 fully saturated rings. The van der Waals surface area contributed by atoms with Gasteiger partial charge in [0.2, 0.25) is 0 Å². The van der Waals surface area contributed by atoms with Gasteiger partial charge in [-0.1, -0.05) is 30.7 Å². The lowest BCUT2D eigenvalue weighted by Gasteiger charge is -2.08. The number of nitriles is 1. The Bertz CT molecular complexity index is 812. The third-order valence-electron chi connectivity index (χ3n) is 3.07. The topological polar surface area (TPSA) is 82.8 Å². The molecule has 0 saturated heterocycles. The summed E-state index contributed by atoms with van der Waals surface area (Å²) in [4.78, 5) is 4.03. The molecule has 5 nitrogen and oxygen atoms in total. The van der Waals surface area contributed by atoms with Crippen LogP contribution in [0.15, 0.2) is 41.3 Å². The molecule has 0 aliphatic heterocycles. The molecule has 2 rings (SSSR count). The van der Waals surface area contributed by atoms with Gasteiger partial charge in [-0.25, -0.2) is 13.4 Å². The molecule has 0 spiro atoms. The first-order valence-corrected chi connectivity index (χ1v) is 8.61. The molecule has 0 bridgehead atoms. The van der Waals surface area contributed by atoms with Gasteiger partial charge in [0.15, 0.2) is 15.5 Å². The molecule has 22 heavy (non-hydrogen) atoms. The highest BCUT2D eigenvalue weighted by molar-refractivity contribution is 7.91. The van der Waals surface area contributed by atoms with E-state index < -0.39 is 9.84 Å². The smallest absolute Gasteiger partial charge is 0.180 e. The molecule has 0 aliphatic carbocycles. The highest BCUT2D eigenvalue weighted by Crippen LogP contribution is 2.18. The molecule has 1 aromatic carbocycles. The van der Waals surface area contributed by atoms with Crippen molar-refractivity contribution >= 4 is 27.3 Å². The summed E-state index contributed by atoms with van der Waals surface area (Å²) < 4.78 is 23.8. The number of hydrogen-bond acceptors (Lipinski definition) is 5. The second kappa shape index (κ2) is 6.77. The van der Waals surface area contributed by atoms with Crippen molar-refractivity contribution in [3.8, 4) is 6.07 Å². The van der Waals surface area contributed by atoms with E-state index in [1.54, 1.807) is 18.2 Å². The Labute approximate surface area is 134 Å². The number of benzene rings is 1. The van der Waals surface area contributed by atoms with Crippen LogP contribution in [0.4, 0.5) is 5.82 Å². The average molecular weight is 336 g/mol. The average Bonchev–Trinajstić information content (AvgIpc) is 2.54. The van der Waals surface area contributed by atoms with Crippen LogP contribution in [0, 0.1) is 11.3 Å². The summed E-state index contributed by atoms with van der Waals surface area (Å²) in [6.07, 6.45) is 0. The Morgan fingerprint density at radius 1 is 1.23 bits per heavy atom. The number of aromatic nitrogens is 1. The maximum Gasteiger partial charge on any atom is 0.180 e. The van der Waals surface area contributed by atoms with Crippen molar-refractivity contribution in [1.82, 2.24) is 4.98 Å². The summed E-state index contributed by atoms with van der Waals surface area (Å²) in [5.74, 6) is 0.377. The number of sulfone groups is 1. The molecule has 0 saturated carbocycles. The van der Waals surface area contributed by atoms with Gasteiger partial charge in [-0.15, -0.1) is 0 Å². The van der Waals surface area contributed by atoms with E-state index in [-0.39, 0.29) is 16.3 Å². The molecule has 1 aromatic heterocycles. The number of halogens is 1. The summed E-state index contributed by atoms with van der Waals surface area (Å²) in [7, 11) is -3.46. The standard InChI is InChI=1S/C15H14ClN3O2S/c1-2-22(20,21)14-7-8-15(19-13(14)9-17)18-10-11-3-5-12(16)6-4-11/h3-8H,2,10H2,1H3,(H,18,19). The van der Waals surface area contributed by atoms with Gasteiger partial charge in [0.1, 0.15) is 16.8 Å². The van der Waals surface area contributed by atoms with E-state index in [0.29, 0.717) is 17.4 Å². The second-order valence-corrected chi connectivity index (χ2v) is 7.22. The van der Waals surface area contributed by atoms with E-state index in [1.165, 1.54) is 13.0 Å². The molecule has 114 valence electrons. The van der Waals surface area contributed by atoms with E-state index in [2.05, 4.69) is 10.3 Å².